The van der Waals surface area contributed by atoms with Crippen LogP contribution in [0.4, 0.5) is 4.79 Å². The van der Waals surface area contributed by atoms with Gasteiger partial charge in [0.1, 0.15) is 5.54 Å². The second-order valence-corrected chi connectivity index (χ2v) is 4.13. The molecule has 0 saturated carbocycles. The van der Waals surface area contributed by atoms with Gasteiger partial charge in [-0.05, 0) is 11.1 Å². The lowest BCUT2D eigenvalue weighted by molar-refractivity contribution is -0.144. The standard InChI is InChI=1S/C12H13NO4/c1-17-11(16)13-12(10(14)15)6-8-4-2-3-5-9(8)7-12/h2-5H,6-7H2,1H3,(H,13,16)(H,14,15). The van der Waals surface area contributed by atoms with E-state index in [2.05, 4.69) is 10.1 Å². The van der Waals surface area contributed by atoms with Gasteiger partial charge in [-0.2, -0.15) is 0 Å². The summed E-state index contributed by atoms with van der Waals surface area (Å²) in [5, 5.41) is 11.7. The summed E-state index contributed by atoms with van der Waals surface area (Å²) in [4.78, 5) is 22.6. The molecule has 1 aliphatic carbocycles. The normalized spacial score (nSPS) is 16.1. The molecule has 90 valence electrons. The van der Waals surface area contributed by atoms with E-state index in [1.54, 1.807) is 0 Å². The van der Waals surface area contributed by atoms with E-state index in [0.717, 1.165) is 11.1 Å². The summed E-state index contributed by atoms with van der Waals surface area (Å²) in [6, 6.07) is 7.46. The number of carbonyl (C=O) groups excluding carboxylic acids is 1. The summed E-state index contributed by atoms with van der Waals surface area (Å²) in [6.07, 6.45) is -0.151. The van der Waals surface area contributed by atoms with Gasteiger partial charge in [0.25, 0.3) is 0 Å². The number of amides is 1. The summed E-state index contributed by atoms with van der Waals surface area (Å²) in [5.41, 5.74) is 0.620. The Morgan fingerprint density at radius 1 is 1.29 bits per heavy atom. The first kappa shape index (κ1) is 11.4. The predicted octanol–water partition coefficient (Wildman–Crippen LogP) is 0.965. The maximum atomic E-state index is 11.4. The molecule has 0 spiro atoms. The minimum atomic E-state index is -1.28. The third-order valence-corrected chi connectivity index (χ3v) is 3.04. The molecule has 5 nitrogen and oxygen atoms in total. The molecule has 0 heterocycles. The number of carbonyl (C=O) groups is 2. The monoisotopic (exact) mass is 235 g/mol. The highest BCUT2D eigenvalue weighted by molar-refractivity contribution is 5.86. The van der Waals surface area contributed by atoms with Crippen LogP contribution in [0.3, 0.4) is 0 Å². The van der Waals surface area contributed by atoms with E-state index in [9.17, 15) is 14.7 Å². The van der Waals surface area contributed by atoms with Gasteiger partial charge in [0, 0.05) is 12.8 Å². The van der Waals surface area contributed by atoms with Gasteiger partial charge < -0.3 is 15.2 Å². The maximum Gasteiger partial charge on any atom is 0.407 e. The van der Waals surface area contributed by atoms with Crippen molar-refractivity contribution in [3.05, 3.63) is 35.4 Å². The van der Waals surface area contributed by atoms with Gasteiger partial charge in [0.2, 0.25) is 0 Å². The van der Waals surface area contributed by atoms with Crippen LogP contribution in [-0.4, -0.2) is 29.8 Å². The first-order valence-corrected chi connectivity index (χ1v) is 5.24. The summed E-state index contributed by atoms with van der Waals surface area (Å²) < 4.78 is 4.47. The molecule has 1 aromatic rings. The molecule has 5 heteroatoms. The zero-order chi connectivity index (χ0) is 12.5. The fourth-order valence-corrected chi connectivity index (χ4v) is 2.15. The summed E-state index contributed by atoms with van der Waals surface area (Å²) in [6.45, 7) is 0. The lowest BCUT2D eigenvalue weighted by Gasteiger charge is -2.24. The average molecular weight is 235 g/mol. The average Bonchev–Trinajstić information content (AvgIpc) is 2.68. The lowest BCUT2D eigenvalue weighted by Crippen LogP contribution is -2.55. The Morgan fingerprint density at radius 3 is 2.24 bits per heavy atom. The molecule has 0 unspecified atom stereocenters. The van der Waals surface area contributed by atoms with E-state index in [0.29, 0.717) is 0 Å². The van der Waals surface area contributed by atoms with Gasteiger partial charge in [-0.3, -0.25) is 0 Å². The Bertz CT molecular complexity index is 444. The molecule has 2 rings (SSSR count). The predicted molar refractivity (Wildman–Crippen MR) is 59.8 cm³/mol. The van der Waals surface area contributed by atoms with Crippen molar-refractivity contribution in [3.8, 4) is 0 Å². The second kappa shape index (κ2) is 4.08. The van der Waals surface area contributed by atoms with Crippen LogP contribution in [0, 0.1) is 0 Å². The third-order valence-electron chi connectivity index (χ3n) is 3.04. The fraction of sp³-hybridized carbons (Fsp3) is 0.333. The topological polar surface area (TPSA) is 75.6 Å². The van der Waals surface area contributed by atoms with Crippen molar-refractivity contribution in [2.45, 2.75) is 18.4 Å². The van der Waals surface area contributed by atoms with Gasteiger partial charge in [-0.25, -0.2) is 9.59 Å². The Kier molecular flexibility index (Phi) is 2.75. The van der Waals surface area contributed by atoms with Crippen molar-refractivity contribution in [3.63, 3.8) is 0 Å². The van der Waals surface area contributed by atoms with Crippen molar-refractivity contribution in [2.24, 2.45) is 0 Å². The quantitative estimate of drug-likeness (QED) is 0.800. The van der Waals surface area contributed by atoms with Crippen LogP contribution in [0.5, 0.6) is 0 Å². The van der Waals surface area contributed by atoms with Gasteiger partial charge >= 0.3 is 12.1 Å². The number of rotatable bonds is 2. The van der Waals surface area contributed by atoms with Crippen LogP contribution in [0.1, 0.15) is 11.1 Å². The second-order valence-electron chi connectivity index (χ2n) is 4.13. The molecular formula is C12H13NO4. The first-order valence-electron chi connectivity index (χ1n) is 5.24. The molecule has 1 aromatic carbocycles. The number of fused-ring (bicyclic) bond motifs is 1. The zero-order valence-electron chi connectivity index (χ0n) is 9.40. The Morgan fingerprint density at radius 2 is 1.82 bits per heavy atom. The summed E-state index contributed by atoms with van der Waals surface area (Å²) >= 11 is 0. The summed E-state index contributed by atoms with van der Waals surface area (Å²) in [5.74, 6) is -1.04. The van der Waals surface area contributed by atoms with Gasteiger partial charge in [-0.1, -0.05) is 24.3 Å². The molecule has 0 radical (unpaired) electrons. The fourth-order valence-electron chi connectivity index (χ4n) is 2.15. The van der Waals surface area contributed by atoms with Crippen LogP contribution in [-0.2, 0) is 22.4 Å². The van der Waals surface area contributed by atoms with Crippen LogP contribution in [0.15, 0.2) is 24.3 Å². The summed E-state index contributed by atoms with van der Waals surface area (Å²) in [7, 11) is 1.22. The van der Waals surface area contributed by atoms with Crippen molar-refractivity contribution in [1.82, 2.24) is 5.32 Å². The smallest absolute Gasteiger partial charge is 0.407 e. The Labute approximate surface area is 98.4 Å². The SMILES string of the molecule is COC(=O)NC1(C(=O)O)Cc2ccccc2C1. The number of nitrogens with one attached hydrogen (secondary N) is 1. The molecular weight excluding hydrogens is 222 g/mol. The van der Waals surface area contributed by atoms with Gasteiger partial charge in [0.05, 0.1) is 7.11 Å². The van der Waals surface area contributed by atoms with E-state index < -0.39 is 17.6 Å². The molecule has 0 aromatic heterocycles. The largest absolute Gasteiger partial charge is 0.479 e. The number of hydrogen-bond donors (Lipinski definition) is 2. The highest BCUT2D eigenvalue weighted by Gasteiger charge is 2.45. The van der Waals surface area contributed by atoms with Crippen molar-refractivity contribution >= 4 is 12.1 Å². The minimum absolute atomic E-state index is 0.285. The Hall–Kier alpha value is -2.04. The van der Waals surface area contributed by atoms with Crippen molar-refractivity contribution in [2.75, 3.05) is 7.11 Å². The lowest BCUT2D eigenvalue weighted by atomic mass is 9.96. The number of methoxy groups -OCH3 is 1. The highest BCUT2D eigenvalue weighted by Crippen LogP contribution is 2.30. The number of alkyl carbamates (subject to hydrolysis) is 1. The molecule has 0 fully saturated rings. The maximum absolute atomic E-state index is 11.4. The minimum Gasteiger partial charge on any atom is -0.479 e. The molecule has 1 aliphatic rings. The number of carboxylic acid groups (broad SMARTS) is 1. The van der Waals surface area contributed by atoms with Crippen LogP contribution in [0.25, 0.3) is 0 Å². The number of ether oxygens (including phenoxy) is 1. The van der Waals surface area contributed by atoms with Crippen LogP contribution in [0.2, 0.25) is 0 Å². The van der Waals surface area contributed by atoms with E-state index in [4.69, 9.17) is 0 Å². The van der Waals surface area contributed by atoms with Crippen LogP contribution >= 0.6 is 0 Å². The zero-order valence-corrected chi connectivity index (χ0v) is 9.40. The highest BCUT2D eigenvalue weighted by atomic mass is 16.5. The van der Waals surface area contributed by atoms with E-state index >= 15 is 0 Å². The number of carboxylic acids is 1. The third kappa shape index (κ3) is 1.95. The van der Waals surface area contributed by atoms with Gasteiger partial charge in [0.15, 0.2) is 0 Å². The molecule has 17 heavy (non-hydrogen) atoms. The van der Waals surface area contributed by atoms with E-state index in [-0.39, 0.29) is 12.8 Å². The van der Waals surface area contributed by atoms with E-state index in [1.165, 1.54) is 7.11 Å². The molecule has 0 saturated heterocycles. The van der Waals surface area contributed by atoms with Crippen molar-refractivity contribution in [1.29, 1.82) is 0 Å². The van der Waals surface area contributed by atoms with E-state index in [1.807, 2.05) is 24.3 Å². The molecule has 2 N–H and O–H groups in total. The van der Waals surface area contributed by atoms with Crippen LogP contribution < -0.4 is 5.32 Å². The number of hydrogen-bond acceptors (Lipinski definition) is 3. The number of aliphatic carboxylic acids is 1. The number of benzene rings is 1. The van der Waals surface area contributed by atoms with Gasteiger partial charge in [-0.15, -0.1) is 0 Å². The molecule has 1 amide bonds. The Balaban J connectivity index is 2.29. The molecule has 0 bridgehead atoms. The molecule has 0 atom stereocenters. The molecule has 0 aliphatic heterocycles. The van der Waals surface area contributed by atoms with Crippen molar-refractivity contribution < 1.29 is 19.4 Å². The first-order chi connectivity index (χ1) is 8.07.